The molecule has 0 aliphatic heterocycles. The van der Waals surface area contributed by atoms with Crippen LogP contribution in [0.2, 0.25) is 118 Å². The van der Waals surface area contributed by atoms with Crippen molar-refractivity contribution in [3.8, 4) is 0 Å². The Morgan fingerprint density at radius 3 is 0.875 bits per heavy atom. The molecule has 2 rings (SSSR count). The summed E-state index contributed by atoms with van der Waals surface area (Å²) >= 11 is -1.17. The van der Waals surface area contributed by atoms with E-state index in [1.54, 1.807) is 16.7 Å². The van der Waals surface area contributed by atoms with Gasteiger partial charge in [-0.25, -0.2) is 0 Å². The Balaban J connectivity index is 0.0000110. The summed E-state index contributed by atoms with van der Waals surface area (Å²) in [5.74, 6) is 1.14. The maximum absolute atomic E-state index is 2.93. The Bertz CT molecular complexity index is 1230. The molecule has 0 N–H and O–H groups in total. The molecule has 0 atom stereocenters. The first-order valence-electron chi connectivity index (χ1n) is 18.4. The number of benzene rings is 2. The summed E-state index contributed by atoms with van der Waals surface area (Å²) in [5, 5.41) is 2.33. The minimum absolute atomic E-state index is 0. The third-order valence-corrected chi connectivity index (χ3v) is 42.6. The van der Waals surface area contributed by atoms with E-state index >= 15 is 0 Å². The van der Waals surface area contributed by atoms with E-state index in [-0.39, 0.29) is 37.7 Å². The van der Waals surface area contributed by atoms with Crippen molar-refractivity contribution in [2.75, 3.05) is 0 Å². The first-order chi connectivity index (χ1) is 20.3. The van der Waals surface area contributed by atoms with Gasteiger partial charge in [0.15, 0.2) is 0 Å². The third-order valence-electron chi connectivity index (χ3n) is 10.00. The monoisotopic (exact) mass is 846 g/mol. The molecule has 0 saturated carbocycles. The van der Waals surface area contributed by atoms with Crippen LogP contribution in [0.15, 0.2) is 30.3 Å². The second-order valence-electron chi connectivity index (χ2n) is 21.8. The molecule has 0 spiro atoms. The van der Waals surface area contributed by atoms with Gasteiger partial charge in [-0.3, -0.25) is 0 Å². The Morgan fingerprint density at radius 1 is 0.396 bits per heavy atom. The number of hydrogen-bond donors (Lipinski definition) is 0. The van der Waals surface area contributed by atoms with Crippen molar-refractivity contribution >= 4 is 114 Å². The summed E-state index contributed by atoms with van der Waals surface area (Å²) in [6, 6.07) is 13.2. The quantitative estimate of drug-likeness (QED) is 0.176. The smallest absolute Gasteiger partial charge is 0 e. The predicted octanol–water partition coefficient (Wildman–Crippen LogP) is 11.3. The Labute approximate surface area is 342 Å². The zero-order valence-electron chi connectivity index (χ0n) is 36.8. The van der Waals surface area contributed by atoms with Crippen molar-refractivity contribution in [1.29, 1.82) is 0 Å². The zero-order chi connectivity index (χ0) is 36.2. The van der Waals surface area contributed by atoms with E-state index < -0.39 is 69.6 Å². The Morgan fingerprint density at radius 2 is 0.646 bits per heavy atom. The Kier molecular flexibility index (Phi) is 18.1. The van der Waals surface area contributed by atoms with Gasteiger partial charge in [-0.05, 0) is 0 Å². The molecule has 262 valence electrons. The molecule has 48 heavy (non-hydrogen) atoms. The molecule has 0 aromatic heterocycles. The molecule has 2 aromatic carbocycles. The van der Waals surface area contributed by atoms with Crippen molar-refractivity contribution in [2.45, 2.75) is 173 Å². The molecular formula is C39H76Li2Si6Sn. The van der Waals surface area contributed by atoms with Crippen LogP contribution in [-0.4, -0.2) is 107 Å². The summed E-state index contributed by atoms with van der Waals surface area (Å²) in [4.78, 5) is 0. The van der Waals surface area contributed by atoms with Crippen LogP contribution in [0.3, 0.4) is 0 Å². The molecule has 0 heterocycles. The zero-order valence-corrected chi connectivity index (χ0v) is 45.6. The van der Waals surface area contributed by atoms with Crippen LogP contribution in [0.1, 0.15) is 82.8 Å². The third kappa shape index (κ3) is 12.4. The molecule has 2 aromatic rings. The summed E-state index contributed by atoms with van der Waals surface area (Å²) in [5.41, 5.74) is 8.84. The van der Waals surface area contributed by atoms with E-state index in [4.69, 9.17) is 0 Å². The summed E-state index contributed by atoms with van der Waals surface area (Å²) in [6.45, 7) is 58.4. The average molecular weight is 846 g/mol. The standard InChI is InChI=1S/C27H59Si6.C12H17.2Li.Sn/c1-28(2,3)25(29(4,5)6)22-19-23(26(30(7,8)9)31(10,11)12)21-24(20-22)27(32(13,14)15)33(16,17)18;1-9(2)11-6-5-7-12(8-11)10(3)4;;;/h19-20,25-27H,1-18H3;5-7,9-10H,1-4H3;;;. The molecule has 0 fully saturated rings. The van der Waals surface area contributed by atoms with Crippen molar-refractivity contribution in [1.82, 2.24) is 0 Å². The van der Waals surface area contributed by atoms with Crippen LogP contribution in [0, 0.1) is 0 Å². The van der Waals surface area contributed by atoms with Crippen molar-refractivity contribution < 1.29 is 0 Å². The minimum Gasteiger partial charge on any atom is 0 e. The maximum atomic E-state index is 2.93. The molecule has 9 heteroatoms. The van der Waals surface area contributed by atoms with Gasteiger partial charge in [-0.2, -0.15) is 0 Å². The van der Waals surface area contributed by atoms with Gasteiger partial charge in [-0.1, -0.05) is 0 Å². The number of hydrogen-bond acceptors (Lipinski definition) is 0. The van der Waals surface area contributed by atoms with Gasteiger partial charge in [0.05, 0.1) is 0 Å². The van der Waals surface area contributed by atoms with Crippen LogP contribution in [-0.2, 0) is 0 Å². The average Bonchev–Trinajstić information content (AvgIpc) is 2.75. The molecule has 0 bridgehead atoms. The van der Waals surface area contributed by atoms with Crippen molar-refractivity contribution in [2.24, 2.45) is 0 Å². The van der Waals surface area contributed by atoms with E-state index in [0.717, 1.165) is 15.5 Å². The molecular weight excluding hydrogens is 770 g/mol. The summed E-state index contributed by atoms with van der Waals surface area (Å²) in [6.07, 6.45) is 0. The van der Waals surface area contributed by atoms with Crippen LogP contribution >= 0.6 is 0 Å². The van der Waals surface area contributed by atoms with E-state index in [2.05, 4.69) is 176 Å². The van der Waals surface area contributed by atoms with Gasteiger partial charge < -0.3 is 0 Å². The maximum Gasteiger partial charge on any atom is 0 e. The first-order valence-corrected chi connectivity index (χ1v) is 42.7. The van der Waals surface area contributed by atoms with Gasteiger partial charge in [0.1, 0.15) is 0 Å². The molecule has 0 saturated heterocycles. The molecule has 4 radical (unpaired) electrons. The van der Waals surface area contributed by atoms with Crippen LogP contribution < -0.4 is 7.16 Å². The van der Waals surface area contributed by atoms with Crippen LogP contribution in [0.5, 0.6) is 0 Å². The first kappa shape index (κ1) is 49.7. The van der Waals surface area contributed by atoms with Crippen LogP contribution in [0.4, 0.5) is 0 Å². The normalized spacial score (nSPS) is 13.9. The second-order valence-corrected chi connectivity index (χ2v) is 59.0. The van der Waals surface area contributed by atoms with E-state index in [1.165, 1.54) is 0 Å². The van der Waals surface area contributed by atoms with Crippen molar-refractivity contribution in [3.05, 3.63) is 58.1 Å². The molecule has 0 nitrogen and oxygen atoms in total. The van der Waals surface area contributed by atoms with Gasteiger partial charge in [0.25, 0.3) is 0 Å². The van der Waals surface area contributed by atoms with E-state index in [1.807, 2.05) is 18.3 Å². The fraction of sp³-hybridized carbons (Fsp3) is 0.692. The molecule has 0 aliphatic rings. The summed E-state index contributed by atoms with van der Waals surface area (Å²) < 4.78 is 3.75. The molecule has 0 aliphatic carbocycles. The largest absolute Gasteiger partial charge is 0 e. The predicted molar refractivity (Wildman–Crippen MR) is 246 cm³/mol. The Hall–Kier alpha value is 1.73. The minimum atomic E-state index is -1.55. The van der Waals surface area contributed by atoms with E-state index in [0.29, 0.717) is 11.8 Å². The van der Waals surface area contributed by atoms with Gasteiger partial charge >= 0.3 is 308 Å². The summed E-state index contributed by atoms with van der Waals surface area (Å²) in [7, 11) is -9.15. The second kappa shape index (κ2) is 17.5. The molecule has 0 amide bonds. The topological polar surface area (TPSA) is 0 Å². The van der Waals surface area contributed by atoms with E-state index in [9.17, 15) is 0 Å². The van der Waals surface area contributed by atoms with Gasteiger partial charge in [-0.15, -0.1) is 0 Å². The van der Waals surface area contributed by atoms with Gasteiger partial charge in [0, 0.05) is 37.7 Å². The number of rotatable bonds is 13. The molecule has 0 unspecified atom stereocenters. The fourth-order valence-corrected chi connectivity index (χ4v) is 55.6. The SMILES string of the molecule is CC(C)c1cccc(C(C)C)[c]1[Sn][c]1c(C([Si](C)(C)C)[Si](C)(C)C)cc(C([Si](C)(C)C)[Si](C)(C)C)cc1C([Si](C)(C)C)[Si](C)(C)C.[Li].[Li]. The fourth-order valence-electron chi connectivity index (χ4n) is 10.1. The van der Waals surface area contributed by atoms with Crippen molar-refractivity contribution in [3.63, 3.8) is 0 Å². The van der Waals surface area contributed by atoms with Crippen LogP contribution in [0.25, 0.3) is 0 Å². The van der Waals surface area contributed by atoms with Gasteiger partial charge in [0.2, 0.25) is 0 Å².